The smallest absolute Gasteiger partial charge is 0.272 e. The van der Waals surface area contributed by atoms with Crippen molar-refractivity contribution in [2.24, 2.45) is 5.92 Å². The van der Waals surface area contributed by atoms with Crippen molar-refractivity contribution in [1.82, 2.24) is 14.5 Å². The van der Waals surface area contributed by atoms with Crippen molar-refractivity contribution in [3.05, 3.63) is 56.7 Å². The Morgan fingerprint density at radius 2 is 2.17 bits per heavy atom. The maximum Gasteiger partial charge on any atom is 0.272 e. The minimum absolute atomic E-state index is 0.0912. The van der Waals surface area contributed by atoms with Crippen molar-refractivity contribution in [1.29, 1.82) is 0 Å². The zero-order valence-electron chi connectivity index (χ0n) is 16.1. The number of thiophene rings is 1. The maximum atomic E-state index is 13.1. The highest BCUT2D eigenvalue weighted by Crippen LogP contribution is 2.24. The summed E-state index contributed by atoms with van der Waals surface area (Å²) in [5, 5.41) is 3.03. The van der Waals surface area contributed by atoms with Gasteiger partial charge >= 0.3 is 0 Å². The first-order valence-electron chi connectivity index (χ1n) is 9.65. The van der Waals surface area contributed by atoms with Crippen molar-refractivity contribution in [2.45, 2.75) is 31.5 Å². The van der Waals surface area contributed by atoms with Crippen molar-refractivity contribution >= 4 is 50.8 Å². The van der Waals surface area contributed by atoms with E-state index in [-0.39, 0.29) is 17.2 Å². The summed E-state index contributed by atoms with van der Waals surface area (Å²) in [6.07, 6.45) is 2.22. The number of benzene rings is 1. The molecule has 29 heavy (non-hydrogen) atoms. The Morgan fingerprint density at radius 1 is 1.34 bits per heavy atom. The molecule has 0 bridgehead atoms. The molecule has 1 unspecified atom stereocenters. The Labute approximate surface area is 182 Å². The van der Waals surface area contributed by atoms with Crippen LogP contribution in [0.2, 0.25) is 5.02 Å². The molecule has 2 aromatic heterocycles. The molecule has 152 valence electrons. The van der Waals surface area contributed by atoms with Crippen LogP contribution in [0.1, 0.15) is 25.3 Å². The quantitative estimate of drug-likeness (QED) is 0.426. The zero-order valence-corrected chi connectivity index (χ0v) is 18.5. The standard InChI is InChI=1S/C21H22ClN3O2S2/c1-14-5-4-9-24(11-14)18(26)13-29-21-23-17-8-10-28-19(17)20(27)25(21)12-15-6-2-3-7-16(15)22/h2-3,6-8,10,14H,4-5,9,11-13H2,1H3. The number of hydrogen-bond donors (Lipinski definition) is 0. The molecule has 5 nitrogen and oxygen atoms in total. The number of carbonyl (C=O) groups excluding carboxylic acids is 1. The minimum Gasteiger partial charge on any atom is -0.342 e. The van der Waals surface area contributed by atoms with E-state index in [2.05, 4.69) is 11.9 Å². The lowest BCUT2D eigenvalue weighted by Crippen LogP contribution is -2.40. The van der Waals surface area contributed by atoms with E-state index in [1.54, 1.807) is 4.57 Å². The summed E-state index contributed by atoms with van der Waals surface area (Å²) in [5.41, 5.74) is 1.44. The van der Waals surface area contributed by atoms with Crippen LogP contribution in [0.3, 0.4) is 0 Å². The summed E-state index contributed by atoms with van der Waals surface area (Å²) in [6.45, 7) is 4.13. The molecule has 1 atom stereocenters. The molecule has 0 saturated carbocycles. The lowest BCUT2D eigenvalue weighted by atomic mass is 10.0. The number of halogens is 1. The Bertz CT molecular complexity index is 1090. The number of hydrogen-bond acceptors (Lipinski definition) is 5. The number of carbonyl (C=O) groups is 1. The predicted octanol–water partition coefficient (Wildman–Crippen LogP) is 4.51. The van der Waals surface area contributed by atoms with Gasteiger partial charge in [0.2, 0.25) is 5.91 Å². The number of thioether (sulfide) groups is 1. The van der Waals surface area contributed by atoms with Crippen LogP contribution in [-0.4, -0.2) is 39.2 Å². The van der Waals surface area contributed by atoms with Crippen molar-refractivity contribution < 1.29 is 4.79 Å². The van der Waals surface area contributed by atoms with Gasteiger partial charge in [0.25, 0.3) is 5.56 Å². The summed E-state index contributed by atoms with van der Waals surface area (Å²) in [7, 11) is 0. The fourth-order valence-electron chi connectivity index (χ4n) is 3.60. The second kappa shape index (κ2) is 8.90. The second-order valence-corrected chi connectivity index (χ2v) is 9.65. The number of nitrogens with zero attached hydrogens (tertiary/aromatic N) is 3. The van der Waals surface area contributed by atoms with Gasteiger partial charge in [-0.15, -0.1) is 11.3 Å². The average Bonchev–Trinajstić information content (AvgIpc) is 3.19. The van der Waals surface area contributed by atoms with Crippen LogP contribution in [0, 0.1) is 5.92 Å². The third-order valence-electron chi connectivity index (χ3n) is 5.15. The molecule has 3 aromatic rings. The molecule has 1 saturated heterocycles. The molecule has 0 radical (unpaired) electrons. The maximum absolute atomic E-state index is 13.1. The van der Waals surface area contributed by atoms with Gasteiger partial charge in [-0.1, -0.05) is 48.5 Å². The van der Waals surface area contributed by atoms with Gasteiger partial charge in [-0.3, -0.25) is 14.2 Å². The third kappa shape index (κ3) is 4.52. The van der Waals surface area contributed by atoms with Crippen LogP contribution < -0.4 is 5.56 Å². The van der Waals surface area contributed by atoms with E-state index in [0.717, 1.165) is 25.1 Å². The second-order valence-electron chi connectivity index (χ2n) is 7.39. The molecule has 1 aromatic carbocycles. The number of aromatic nitrogens is 2. The van der Waals surface area contributed by atoms with E-state index in [1.807, 2.05) is 40.6 Å². The van der Waals surface area contributed by atoms with Gasteiger partial charge in [0.15, 0.2) is 5.16 Å². The van der Waals surface area contributed by atoms with E-state index in [4.69, 9.17) is 11.6 Å². The normalized spacial score (nSPS) is 17.0. The lowest BCUT2D eigenvalue weighted by molar-refractivity contribution is -0.130. The van der Waals surface area contributed by atoms with E-state index >= 15 is 0 Å². The topological polar surface area (TPSA) is 55.2 Å². The van der Waals surface area contributed by atoms with Gasteiger partial charge in [-0.25, -0.2) is 4.98 Å². The van der Waals surface area contributed by atoms with Crippen LogP contribution >= 0.6 is 34.7 Å². The number of fused-ring (bicyclic) bond motifs is 1. The Morgan fingerprint density at radius 3 is 2.97 bits per heavy atom. The number of likely N-dealkylation sites (tertiary alicyclic amines) is 1. The van der Waals surface area contributed by atoms with E-state index in [1.165, 1.54) is 29.5 Å². The summed E-state index contributed by atoms with van der Waals surface area (Å²) < 4.78 is 2.26. The van der Waals surface area contributed by atoms with Crippen molar-refractivity contribution in [3.8, 4) is 0 Å². The average molecular weight is 448 g/mol. The number of rotatable bonds is 5. The summed E-state index contributed by atoms with van der Waals surface area (Å²) in [4.78, 5) is 32.4. The lowest BCUT2D eigenvalue weighted by Gasteiger charge is -2.30. The van der Waals surface area contributed by atoms with Crippen LogP contribution in [0.15, 0.2) is 45.7 Å². The van der Waals surface area contributed by atoms with Gasteiger partial charge in [-0.2, -0.15) is 0 Å². The van der Waals surface area contributed by atoms with Crippen molar-refractivity contribution in [2.75, 3.05) is 18.8 Å². The van der Waals surface area contributed by atoms with Crippen LogP contribution in [0.4, 0.5) is 0 Å². The molecule has 0 aliphatic carbocycles. The molecular formula is C21H22ClN3O2S2. The first-order valence-corrected chi connectivity index (χ1v) is 11.9. The van der Waals surface area contributed by atoms with Crippen LogP contribution in [-0.2, 0) is 11.3 Å². The van der Waals surface area contributed by atoms with E-state index in [0.29, 0.717) is 32.9 Å². The molecule has 3 heterocycles. The summed E-state index contributed by atoms with van der Waals surface area (Å²) in [5.74, 6) is 0.916. The van der Waals surface area contributed by atoms with E-state index < -0.39 is 0 Å². The number of piperidine rings is 1. The Kier molecular flexibility index (Phi) is 6.27. The highest BCUT2D eigenvalue weighted by atomic mass is 35.5. The van der Waals surface area contributed by atoms with Gasteiger partial charge in [0, 0.05) is 18.1 Å². The Hall–Kier alpha value is -1.83. The molecule has 0 N–H and O–H groups in total. The fraction of sp³-hybridized carbons (Fsp3) is 0.381. The van der Waals surface area contributed by atoms with Gasteiger partial charge < -0.3 is 4.90 Å². The summed E-state index contributed by atoms with van der Waals surface area (Å²) in [6, 6.07) is 9.33. The first-order chi connectivity index (χ1) is 14.0. The van der Waals surface area contributed by atoms with Crippen LogP contribution in [0.5, 0.6) is 0 Å². The Balaban J connectivity index is 1.61. The molecule has 1 fully saturated rings. The first kappa shape index (κ1) is 20.4. The van der Waals surface area contributed by atoms with E-state index in [9.17, 15) is 9.59 Å². The zero-order chi connectivity index (χ0) is 20.4. The van der Waals surface area contributed by atoms with Crippen molar-refractivity contribution in [3.63, 3.8) is 0 Å². The molecule has 1 amide bonds. The van der Waals surface area contributed by atoms with Gasteiger partial charge in [-0.05, 0) is 41.8 Å². The molecule has 1 aliphatic heterocycles. The largest absolute Gasteiger partial charge is 0.342 e. The number of amides is 1. The molecular weight excluding hydrogens is 426 g/mol. The SMILES string of the molecule is CC1CCCN(C(=O)CSc2nc3ccsc3c(=O)n2Cc2ccccc2Cl)C1. The molecule has 1 aliphatic rings. The minimum atomic E-state index is -0.0912. The molecule has 0 spiro atoms. The highest BCUT2D eigenvalue weighted by molar-refractivity contribution is 7.99. The fourth-order valence-corrected chi connectivity index (χ4v) is 5.48. The monoisotopic (exact) mass is 447 g/mol. The summed E-state index contributed by atoms with van der Waals surface area (Å²) >= 11 is 9.03. The molecule has 8 heteroatoms. The molecule has 4 rings (SSSR count). The predicted molar refractivity (Wildman–Crippen MR) is 120 cm³/mol. The highest BCUT2D eigenvalue weighted by Gasteiger charge is 2.22. The third-order valence-corrected chi connectivity index (χ3v) is 7.37. The van der Waals surface area contributed by atoms with Gasteiger partial charge in [0.1, 0.15) is 4.70 Å². The van der Waals surface area contributed by atoms with Gasteiger partial charge in [0.05, 0.1) is 17.8 Å². The van der Waals surface area contributed by atoms with Crippen LogP contribution in [0.25, 0.3) is 10.2 Å².